The van der Waals surface area contributed by atoms with E-state index < -0.39 is 0 Å². The Morgan fingerprint density at radius 1 is 1.00 bits per heavy atom. The highest BCUT2D eigenvalue weighted by Gasteiger charge is 2.17. The van der Waals surface area contributed by atoms with Gasteiger partial charge in [0.25, 0.3) is 0 Å². The molecule has 0 aliphatic carbocycles. The zero-order valence-corrected chi connectivity index (χ0v) is 19.6. The number of anilines is 1. The van der Waals surface area contributed by atoms with Crippen LogP contribution in [0.4, 0.5) is 5.69 Å². The average molecular weight is 469 g/mol. The van der Waals surface area contributed by atoms with Crippen LogP contribution in [0.3, 0.4) is 0 Å². The first kappa shape index (κ1) is 22.2. The van der Waals surface area contributed by atoms with Crippen molar-refractivity contribution in [3.05, 3.63) is 78.0 Å². The Balaban J connectivity index is 1.32. The van der Waals surface area contributed by atoms with Crippen molar-refractivity contribution >= 4 is 22.7 Å². The molecule has 8 nitrogen and oxygen atoms in total. The van der Waals surface area contributed by atoms with Gasteiger partial charge in [-0.3, -0.25) is 9.89 Å². The topological polar surface area (TPSA) is 102 Å². The quantitative estimate of drug-likeness (QED) is 0.332. The van der Waals surface area contributed by atoms with Gasteiger partial charge in [-0.05, 0) is 54.4 Å². The second-order valence-electron chi connectivity index (χ2n) is 8.16. The Bertz CT molecular complexity index is 1480. The van der Waals surface area contributed by atoms with Crippen LogP contribution in [-0.2, 0) is 11.2 Å². The van der Waals surface area contributed by atoms with Crippen LogP contribution in [0.25, 0.3) is 33.8 Å². The minimum absolute atomic E-state index is 0.143. The first-order valence-corrected chi connectivity index (χ1v) is 11.1. The SMILES string of the molecule is COc1cc(CC(=O)Nc2ccc(-c3n[nH]cc3-c3nc4ccc(C)cc4o3)cc2)cc(OC)c1. The molecule has 2 aromatic heterocycles. The smallest absolute Gasteiger partial charge is 0.231 e. The molecule has 0 atom stereocenters. The number of hydrogen-bond donors (Lipinski definition) is 2. The van der Waals surface area contributed by atoms with Crippen LogP contribution in [0, 0.1) is 6.92 Å². The molecule has 176 valence electrons. The van der Waals surface area contributed by atoms with E-state index in [9.17, 15) is 4.79 Å². The van der Waals surface area contributed by atoms with Crippen LogP contribution >= 0.6 is 0 Å². The van der Waals surface area contributed by atoms with Crippen LogP contribution < -0.4 is 14.8 Å². The van der Waals surface area contributed by atoms with Crippen LogP contribution in [0.5, 0.6) is 11.5 Å². The lowest BCUT2D eigenvalue weighted by Crippen LogP contribution is -2.14. The molecule has 1 amide bonds. The summed E-state index contributed by atoms with van der Waals surface area (Å²) in [6, 6.07) is 18.8. The molecular weight excluding hydrogens is 444 g/mol. The molecule has 2 heterocycles. The summed E-state index contributed by atoms with van der Waals surface area (Å²) in [5, 5.41) is 10.2. The van der Waals surface area contributed by atoms with Gasteiger partial charge in [0.1, 0.15) is 22.7 Å². The highest BCUT2D eigenvalue weighted by atomic mass is 16.5. The lowest BCUT2D eigenvalue weighted by Gasteiger charge is -2.09. The van der Waals surface area contributed by atoms with E-state index in [4.69, 9.17) is 13.9 Å². The van der Waals surface area contributed by atoms with Gasteiger partial charge in [0, 0.05) is 23.5 Å². The Hall–Kier alpha value is -4.59. The number of carbonyl (C=O) groups is 1. The second kappa shape index (κ2) is 9.34. The van der Waals surface area contributed by atoms with Crippen LogP contribution in [-0.4, -0.2) is 35.3 Å². The number of nitrogens with zero attached hydrogens (tertiary/aromatic N) is 2. The molecule has 0 aliphatic heterocycles. The molecule has 0 spiro atoms. The van der Waals surface area contributed by atoms with Crippen molar-refractivity contribution < 1.29 is 18.7 Å². The predicted octanol–water partition coefficient (Wildman–Crippen LogP) is 5.39. The fraction of sp³-hybridized carbons (Fsp3) is 0.148. The second-order valence-corrected chi connectivity index (χ2v) is 8.16. The summed E-state index contributed by atoms with van der Waals surface area (Å²) < 4.78 is 16.5. The lowest BCUT2D eigenvalue weighted by molar-refractivity contribution is -0.115. The number of oxazole rings is 1. The van der Waals surface area contributed by atoms with Crippen molar-refractivity contribution in [2.75, 3.05) is 19.5 Å². The third-order valence-electron chi connectivity index (χ3n) is 5.63. The number of methoxy groups -OCH3 is 2. The van der Waals surface area contributed by atoms with Crippen molar-refractivity contribution in [2.45, 2.75) is 13.3 Å². The molecule has 8 heteroatoms. The number of hydrogen-bond acceptors (Lipinski definition) is 6. The summed E-state index contributed by atoms with van der Waals surface area (Å²) >= 11 is 0. The van der Waals surface area contributed by atoms with E-state index in [0.29, 0.717) is 23.1 Å². The molecule has 0 fully saturated rings. The number of fused-ring (bicyclic) bond motifs is 1. The van der Waals surface area contributed by atoms with Gasteiger partial charge in [-0.1, -0.05) is 18.2 Å². The third-order valence-corrected chi connectivity index (χ3v) is 5.63. The minimum atomic E-state index is -0.143. The molecule has 5 aromatic rings. The van der Waals surface area contributed by atoms with Crippen molar-refractivity contribution in [1.82, 2.24) is 15.2 Å². The van der Waals surface area contributed by atoms with Crippen LogP contribution in [0.15, 0.2) is 71.3 Å². The number of aromatic nitrogens is 3. The molecule has 35 heavy (non-hydrogen) atoms. The molecule has 2 N–H and O–H groups in total. The van der Waals surface area contributed by atoms with E-state index >= 15 is 0 Å². The van der Waals surface area contributed by atoms with Gasteiger partial charge in [0.15, 0.2) is 5.58 Å². The molecule has 0 saturated heterocycles. The Morgan fingerprint density at radius 3 is 2.46 bits per heavy atom. The number of H-pyrrole nitrogens is 1. The first-order chi connectivity index (χ1) is 17.0. The fourth-order valence-electron chi connectivity index (χ4n) is 3.89. The number of ether oxygens (including phenoxy) is 2. The summed E-state index contributed by atoms with van der Waals surface area (Å²) in [4.78, 5) is 17.2. The van der Waals surface area contributed by atoms with Gasteiger partial charge < -0.3 is 19.2 Å². The summed E-state index contributed by atoms with van der Waals surface area (Å²) in [7, 11) is 3.16. The summed E-state index contributed by atoms with van der Waals surface area (Å²) in [6.07, 6.45) is 1.96. The van der Waals surface area contributed by atoms with Gasteiger partial charge >= 0.3 is 0 Å². The minimum Gasteiger partial charge on any atom is -0.497 e. The largest absolute Gasteiger partial charge is 0.497 e. The molecule has 5 rings (SSSR count). The van der Waals surface area contributed by atoms with Crippen LogP contribution in [0.2, 0.25) is 0 Å². The summed E-state index contributed by atoms with van der Waals surface area (Å²) in [5.41, 5.74) is 6.47. The van der Waals surface area contributed by atoms with Gasteiger partial charge in [0.2, 0.25) is 11.8 Å². The molecule has 0 aliphatic rings. The highest BCUT2D eigenvalue weighted by molar-refractivity contribution is 5.93. The Kier molecular flexibility index (Phi) is 5.93. The maximum atomic E-state index is 12.6. The number of aryl methyl sites for hydroxylation is 1. The van der Waals surface area contributed by atoms with Crippen molar-refractivity contribution in [1.29, 1.82) is 0 Å². The van der Waals surface area contributed by atoms with Gasteiger partial charge in [-0.25, -0.2) is 4.98 Å². The van der Waals surface area contributed by atoms with Gasteiger partial charge in [-0.15, -0.1) is 0 Å². The number of benzene rings is 3. The lowest BCUT2D eigenvalue weighted by atomic mass is 10.1. The molecule has 0 saturated carbocycles. The monoisotopic (exact) mass is 468 g/mol. The molecule has 0 unspecified atom stereocenters. The van der Waals surface area contributed by atoms with Crippen molar-refractivity contribution in [3.63, 3.8) is 0 Å². The number of carbonyl (C=O) groups excluding carboxylic acids is 1. The number of rotatable bonds is 7. The zero-order chi connectivity index (χ0) is 24.4. The van der Waals surface area contributed by atoms with E-state index in [0.717, 1.165) is 39.0 Å². The Labute approximate surface area is 201 Å². The van der Waals surface area contributed by atoms with E-state index in [-0.39, 0.29) is 12.3 Å². The molecule has 0 bridgehead atoms. The number of aromatic amines is 1. The predicted molar refractivity (Wildman–Crippen MR) is 134 cm³/mol. The van der Waals surface area contributed by atoms with Crippen molar-refractivity contribution in [3.8, 4) is 34.2 Å². The van der Waals surface area contributed by atoms with E-state index in [2.05, 4.69) is 20.5 Å². The molecule has 0 radical (unpaired) electrons. The van der Waals surface area contributed by atoms with Crippen LogP contribution in [0.1, 0.15) is 11.1 Å². The van der Waals surface area contributed by atoms with Gasteiger partial charge in [-0.2, -0.15) is 5.10 Å². The maximum Gasteiger partial charge on any atom is 0.231 e. The molecular formula is C27H24N4O4. The Morgan fingerprint density at radius 2 is 1.74 bits per heavy atom. The van der Waals surface area contributed by atoms with E-state index in [1.165, 1.54) is 0 Å². The highest BCUT2D eigenvalue weighted by Crippen LogP contribution is 2.32. The maximum absolute atomic E-state index is 12.6. The average Bonchev–Trinajstić information content (AvgIpc) is 3.51. The standard InChI is InChI=1S/C27H24N4O4/c1-16-4-9-23-24(10-16)35-27(30-23)22-15-28-31-26(22)18-5-7-19(8-6-18)29-25(32)13-17-11-20(33-2)14-21(12-17)34-3/h4-12,14-15H,13H2,1-3H3,(H,28,31)(H,29,32). The zero-order valence-electron chi connectivity index (χ0n) is 19.6. The van der Waals surface area contributed by atoms with Gasteiger partial charge in [0.05, 0.1) is 26.2 Å². The number of amides is 1. The fourth-order valence-corrected chi connectivity index (χ4v) is 3.89. The van der Waals surface area contributed by atoms with Crippen molar-refractivity contribution in [2.24, 2.45) is 0 Å². The normalized spacial score (nSPS) is 10.9. The number of nitrogens with one attached hydrogen (secondary N) is 2. The summed E-state index contributed by atoms with van der Waals surface area (Å²) in [5.74, 6) is 1.64. The van der Waals surface area contributed by atoms with E-state index in [1.807, 2.05) is 61.5 Å². The molecule has 3 aromatic carbocycles. The third kappa shape index (κ3) is 4.72. The van der Waals surface area contributed by atoms with E-state index in [1.54, 1.807) is 26.5 Å². The first-order valence-electron chi connectivity index (χ1n) is 11.1. The summed E-state index contributed by atoms with van der Waals surface area (Å²) in [6.45, 7) is 2.01.